The molecular formula is C99H152F7N15O15S5. The normalized spacial score (nSPS) is 21.4. The summed E-state index contributed by atoms with van der Waals surface area (Å²) in [6.45, 7) is 22.3. The lowest BCUT2D eigenvalue weighted by molar-refractivity contribution is 0.0777. The van der Waals surface area contributed by atoms with Gasteiger partial charge in [0.2, 0.25) is 50.1 Å². The molecule has 42 heteroatoms. The highest BCUT2D eigenvalue weighted by molar-refractivity contribution is 7.91. The van der Waals surface area contributed by atoms with Gasteiger partial charge < -0.3 is 51.1 Å². The lowest BCUT2D eigenvalue weighted by atomic mass is 9.86. The molecule has 0 atom stereocenters. The third-order valence-electron chi connectivity index (χ3n) is 27.1. The molecule has 141 heavy (non-hydrogen) atoms. The van der Waals surface area contributed by atoms with Crippen LogP contribution in [0.1, 0.15) is 275 Å². The van der Waals surface area contributed by atoms with Crippen LogP contribution in [0.5, 0.6) is 0 Å². The molecule has 0 radical (unpaired) electrons. The SMILES string of the molecule is CC(C)S(=O)(=O)NC1CCC(CNc2cc(F)c(C(=O)N(C)C)c(F)c2)CC1.CC(C)S(=O)(=O)NC1CCC(CNc2cc(F)c(C(=O)N3CCCC3)c(F)c2)CC1.CC(C)S(=O)(=O)NC1CCC(CNc2ccc(C(=O)N(C)C)c(F)c2)CC1.CC(C)S(=O)(=O)NC1CCC(CNc2ccc(F)c(C(=O)N(C)C)c2)CC1.CC(C)S(=O)(=O)NC1CCC(CNc2ccc(F)c(C(=O)N3CCCC3)c2)CC1. The van der Waals surface area contributed by atoms with E-state index >= 15 is 0 Å². The maximum atomic E-state index is 14.5. The van der Waals surface area contributed by atoms with E-state index < -0.39 is 140 Å². The second-order valence-corrected chi connectivity index (χ2v) is 51.7. The molecule has 0 unspecified atom stereocenters. The molecule has 2 heterocycles. The Morgan fingerprint density at radius 1 is 0.277 bits per heavy atom. The van der Waals surface area contributed by atoms with Crippen LogP contribution in [0.15, 0.2) is 78.9 Å². The van der Waals surface area contributed by atoms with Crippen molar-refractivity contribution in [2.75, 3.05) is 128 Å². The highest BCUT2D eigenvalue weighted by Crippen LogP contribution is 2.35. The van der Waals surface area contributed by atoms with Crippen molar-refractivity contribution in [3.8, 4) is 0 Å². The first-order chi connectivity index (χ1) is 66.1. The maximum Gasteiger partial charge on any atom is 0.259 e. The number of carbonyl (C=O) groups is 5. The van der Waals surface area contributed by atoms with Gasteiger partial charge in [-0.25, -0.2) is 96.4 Å². The number of anilines is 5. The Kier molecular flexibility index (Phi) is 45.2. The Balaban J connectivity index is 0.000000216. The van der Waals surface area contributed by atoms with Crippen molar-refractivity contribution < 1.29 is 96.8 Å². The van der Waals surface area contributed by atoms with Gasteiger partial charge in [-0.15, -0.1) is 0 Å². The average Bonchev–Trinajstić information content (AvgIpc) is 1.79. The minimum atomic E-state index is -3.28. The lowest BCUT2D eigenvalue weighted by Crippen LogP contribution is -2.41. The third kappa shape index (κ3) is 36.3. The number of nitrogens with one attached hydrogen (secondary N) is 10. The van der Waals surface area contributed by atoms with Crippen LogP contribution in [0, 0.1) is 70.3 Å². The van der Waals surface area contributed by atoms with Gasteiger partial charge in [0.15, 0.2) is 0 Å². The molecular weight excluding hydrogens is 1930 g/mol. The highest BCUT2D eigenvalue weighted by Gasteiger charge is 2.35. The van der Waals surface area contributed by atoms with E-state index in [0.29, 0.717) is 93.1 Å². The first kappa shape index (κ1) is 118. The number of hydrogen-bond acceptors (Lipinski definition) is 20. The Morgan fingerprint density at radius 3 is 0.773 bits per heavy atom. The van der Waals surface area contributed by atoms with Crippen molar-refractivity contribution >= 4 is 108 Å². The second kappa shape index (κ2) is 54.1. The fraction of sp³-hybridized carbons (Fsp3) is 0.646. The van der Waals surface area contributed by atoms with E-state index in [-0.39, 0.29) is 76.2 Å². The van der Waals surface area contributed by atoms with E-state index in [1.165, 1.54) is 65.2 Å². The van der Waals surface area contributed by atoms with E-state index in [1.807, 2.05) is 0 Å². The zero-order chi connectivity index (χ0) is 104. The molecule has 5 aliphatic carbocycles. The minimum absolute atomic E-state index is 0.00224. The average molecular weight is 2090 g/mol. The molecule has 7 fully saturated rings. The predicted molar refractivity (Wildman–Crippen MR) is 543 cm³/mol. The Bertz CT molecular complexity index is 5520. The number of benzene rings is 5. The fourth-order valence-corrected chi connectivity index (χ4v) is 22.5. The standard InChI is InChI=1S/C21H31F2N3O3S.C21H32FN3O3S.C19H29F2N3O3S.2C19H30FN3O3S/c1-14(2)30(28,29)25-16-7-5-15(6-8-16)13-24-17-11-18(22)20(19(23)12-17)21(27)26-9-3-4-10-26;1-15(2)29(27,28)24-17-7-5-16(6-8-17)14-23-18-9-10-20(22)19(13-18)21(26)25-11-3-4-12-25;1-12(2)28(26,27)23-14-7-5-13(6-8-14)11-22-15-9-16(20)18(17(21)10-15)19(25)24(3)4;1-13(2)27(25,26)22-15-7-5-14(6-8-15)12-21-16-9-10-18(20)17(11-16)19(24)23(3)4;1-13(2)27(25,26)22-15-7-5-14(6-8-15)12-21-16-9-10-17(18(20)11-16)19(24)23(3)4/h11-12,14-16,24-25H,3-10,13H2,1-2H3;9-10,13,15-17,23-24H,3-8,11-12,14H2,1-2H3;9-10,12-14,22-23H,5-8,11H2,1-4H3;2*9-11,13-15,21-22H,5-8,12H2,1-4H3. The number of halogens is 7. The smallest absolute Gasteiger partial charge is 0.259 e. The summed E-state index contributed by atoms with van der Waals surface area (Å²) >= 11 is 0. The monoisotopic (exact) mass is 2080 g/mol. The summed E-state index contributed by atoms with van der Waals surface area (Å²) in [5.41, 5.74) is 1.89. The molecule has 7 aliphatic rings. The zero-order valence-electron chi connectivity index (χ0n) is 84.5. The van der Waals surface area contributed by atoms with E-state index in [0.717, 1.165) is 183 Å². The summed E-state index contributed by atoms with van der Waals surface area (Å²) in [6.07, 6.45) is 20.3. The number of nitrogens with zero attached hydrogens (tertiary/aromatic N) is 5. The Hall–Kier alpha value is -8.49. The summed E-state index contributed by atoms with van der Waals surface area (Å²) in [6, 6.07) is 18.2. The molecule has 5 aromatic carbocycles. The van der Waals surface area contributed by atoms with Crippen LogP contribution in [0.3, 0.4) is 0 Å². The number of hydrogen-bond donors (Lipinski definition) is 10. The van der Waals surface area contributed by atoms with E-state index in [2.05, 4.69) is 50.2 Å². The molecule has 5 aromatic rings. The van der Waals surface area contributed by atoms with Crippen molar-refractivity contribution in [1.82, 2.24) is 48.1 Å². The van der Waals surface area contributed by atoms with Crippen LogP contribution in [0.2, 0.25) is 0 Å². The fourth-order valence-electron chi connectivity index (χ4n) is 17.6. The van der Waals surface area contributed by atoms with Gasteiger partial charge in [-0.05, 0) is 332 Å². The van der Waals surface area contributed by atoms with Gasteiger partial charge >= 0.3 is 0 Å². The van der Waals surface area contributed by atoms with E-state index in [1.54, 1.807) is 133 Å². The number of likely N-dealkylation sites (tertiary alicyclic amines) is 2. The van der Waals surface area contributed by atoms with Crippen molar-refractivity contribution in [2.45, 2.75) is 280 Å². The quantitative estimate of drug-likeness (QED) is 0.0168. The Labute approximate surface area is 832 Å². The van der Waals surface area contributed by atoms with Crippen molar-refractivity contribution in [1.29, 1.82) is 0 Å². The first-order valence-electron chi connectivity index (χ1n) is 49.5. The molecule has 12 rings (SSSR count). The minimum Gasteiger partial charge on any atom is -0.385 e. The molecule has 2 aliphatic heterocycles. The number of sulfonamides is 5. The van der Waals surface area contributed by atoms with Gasteiger partial charge in [-0.1, -0.05) is 0 Å². The van der Waals surface area contributed by atoms with Crippen LogP contribution in [0.25, 0.3) is 0 Å². The molecule has 792 valence electrons. The van der Waals surface area contributed by atoms with Gasteiger partial charge in [-0.2, -0.15) is 0 Å². The van der Waals surface area contributed by atoms with Gasteiger partial charge in [0.25, 0.3) is 29.5 Å². The molecule has 0 bridgehead atoms. The summed E-state index contributed by atoms with van der Waals surface area (Å²) < 4.78 is 233. The van der Waals surface area contributed by atoms with E-state index in [9.17, 15) is 96.8 Å². The molecule has 5 amide bonds. The number of carbonyl (C=O) groups excluding carboxylic acids is 5. The molecule has 30 nitrogen and oxygen atoms in total. The largest absolute Gasteiger partial charge is 0.385 e. The first-order valence-corrected chi connectivity index (χ1v) is 57.2. The summed E-state index contributed by atoms with van der Waals surface area (Å²) in [5.74, 6) is -5.46. The lowest BCUT2D eigenvalue weighted by Gasteiger charge is -2.29. The van der Waals surface area contributed by atoms with Gasteiger partial charge in [0, 0.05) is 160 Å². The predicted octanol–water partition coefficient (Wildman–Crippen LogP) is 15.5. The van der Waals surface area contributed by atoms with Crippen molar-refractivity contribution in [2.24, 2.45) is 29.6 Å². The van der Waals surface area contributed by atoms with Crippen LogP contribution in [0.4, 0.5) is 59.2 Å². The Morgan fingerprint density at radius 2 is 0.504 bits per heavy atom. The molecule has 0 spiro atoms. The second-order valence-electron chi connectivity index (χ2n) is 40.4. The molecule has 10 N–H and O–H groups in total. The molecule has 0 aromatic heterocycles. The maximum absolute atomic E-state index is 14.5. The number of rotatable bonds is 35. The summed E-state index contributed by atoms with van der Waals surface area (Å²) in [7, 11) is -7.02. The van der Waals surface area contributed by atoms with Crippen molar-refractivity contribution in [3.63, 3.8) is 0 Å². The highest BCUT2D eigenvalue weighted by atomic mass is 32.2. The van der Waals surface area contributed by atoms with Gasteiger partial charge in [0.1, 0.15) is 51.8 Å². The number of amides is 5. The summed E-state index contributed by atoms with van der Waals surface area (Å²) in [5, 5.41) is 13.8. The van der Waals surface area contributed by atoms with Gasteiger partial charge in [0.05, 0.1) is 42.9 Å². The molecule has 2 saturated heterocycles. The van der Waals surface area contributed by atoms with E-state index in [4.69, 9.17) is 0 Å². The van der Waals surface area contributed by atoms with Crippen LogP contribution in [-0.2, 0) is 50.1 Å². The summed E-state index contributed by atoms with van der Waals surface area (Å²) in [4.78, 5) is 67.6. The van der Waals surface area contributed by atoms with Crippen LogP contribution >= 0.6 is 0 Å². The van der Waals surface area contributed by atoms with Crippen LogP contribution in [-0.4, -0.2) is 254 Å². The van der Waals surface area contributed by atoms with Gasteiger partial charge in [-0.3, -0.25) is 24.0 Å². The third-order valence-corrected chi connectivity index (χ3v) is 36.6. The molecule has 5 saturated carbocycles. The van der Waals surface area contributed by atoms with Crippen molar-refractivity contribution in [3.05, 3.63) is 147 Å². The zero-order valence-corrected chi connectivity index (χ0v) is 88.6. The topological polar surface area (TPSA) is 393 Å². The van der Waals surface area contributed by atoms with Crippen LogP contribution < -0.4 is 50.2 Å².